The Kier molecular flexibility index (Phi) is 4.19. The van der Waals surface area contributed by atoms with Gasteiger partial charge in [0, 0.05) is 23.9 Å². The van der Waals surface area contributed by atoms with E-state index in [-0.39, 0.29) is 12.6 Å². The number of methoxy groups -OCH3 is 1. The zero-order valence-electron chi connectivity index (χ0n) is 12.9. The van der Waals surface area contributed by atoms with Gasteiger partial charge < -0.3 is 9.47 Å². The number of rotatable bonds is 4. The number of fused-ring (bicyclic) bond motifs is 1. The molecule has 0 aliphatic heterocycles. The topological polar surface area (TPSA) is 61.3 Å². The van der Waals surface area contributed by atoms with Crippen molar-refractivity contribution in [1.82, 2.24) is 9.97 Å². The molecule has 0 saturated carbocycles. The van der Waals surface area contributed by atoms with Gasteiger partial charge in [0.2, 0.25) is 0 Å². The van der Waals surface area contributed by atoms with Crippen molar-refractivity contribution in [3.63, 3.8) is 0 Å². The van der Waals surface area contributed by atoms with E-state index >= 15 is 0 Å². The first-order chi connectivity index (χ1) is 11.2. The summed E-state index contributed by atoms with van der Waals surface area (Å²) in [5.74, 6) is 0.966. The third kappa shape index (κ3) is 3.29. The number of nitrogens with zero attached hydrogens (tertiary/aromatic N) is 2. The van der Waals surface area contributed by atoms with Gasteiger partial charge in [-0.1, -0.05) is 30.3 Å². The Morgan fingerprint density at radius 2 is 1.87 bits per heavy atom. The number of ether oxygens (including phenoxy) is 2. The second kappa shape index (κ2) is 6.44. The maximum absolute atomic E-state index is 11.1. The van der Waals surface area contributed by atoms with Crippen LogP contribution in [0, 0.1) is 0 Å². The van der Waals surface area contributed by atoms with Gasteiger partial charge in [-0.3, -0.25) is 4.79 Å². The number of carbonyl (C=O) groups is 1. The fourth-order valence-electron chi connectivity index (χ4n) is 2.30. The zero-order chi connectivity index (χ0) is 16.2. The summed E-state index contributed by atoms with van der Waals surface area (Å²) >= 11 is 0. The van der Waals surface area contributed by atoms with E-state index in [0.29, 0.717) is 17.3 Å². The first kappa shape index (κ1) is 15.0. The normalized spacial score (nSPS) is 10.5. The Balaban J connectivity index is 2.15. The number of hydrogen-bond donors (Lipinski definition) is 0. The number of aromatic nitrogens is 2. The van der Waals surface area contributed by atoms with Crippen molar-refractivity contribution < 1.29 is 14.3 Å². The number of carbonyl (C=O) groups excluding carboxylic acids is 1. The highest BCUT2D eigenvalue weighted by molar-refractivity contribution is 5.84. The summed E-state index contributed by atoms with van der Waals surface area (Å²) in [5, 5.41) is 0.840. The van der Waals surface area contributed by atoms with Gasteiger partial charge in [-0.25, -0.2) is 9.97 Å². The van der Waals surface area contributed by atoms with Gasteiger partial charge in [-0.05, 0) is 12.1 Å². The van der Waals surface area contributed by atoms with Crippen molar-refractivity contribution in [3.05, 3.63) is 54.2 Å². The predicted molar refractivity (Wildman–Crippen MR) is 87.0 cm³/mol. The average Bonchev–Trinajstić information content (AvgIpc) is 2.59. The van der Waals surface area contributed by atoms with E-state index in [1.165, 1.54) is 6.92 Å². The van der Waals surface area contributed by atoms with Crippen LogP contribution in [0.5, 0.6) is 5.75 Å². The lowest BCUT2D eigenvalue weighted by molar-refractivity contribution is -0.142. The SMILES string of the molecule is COc1ccc2c(COC(C)=O)nc(-c3ccccc3)nc2c1. The second-order valence-corrected chi connectivity index (χ2v) is 5.02. The van der Waals surface area contributed by atoms with Gasteiger partial charge in [0.05, 0.1) is 18.3 Å². The van der Waals surface area contributed by atoms with Gasteiger partial charge >= 0.3 is 5.97 Å². The Morgan fingerprint density at radius 3 is 2.57 bits per heavy atom. The maximum atomic E-state index is 11.1. The molecule has 0 fully saturated rings. The highest BCUT2D eigenvalue weighted by atomic mass is 16.5. The van der Waals surface area contributed by atoms with Crippen LogP contribution in [0.3, 0.4) is 0 Å². The first-order valence-corrected chi connectivity index (χ1v) is 7.21. The van der Waals surface area contributed by atoms with Gasteiger partial charge in [0.15, 0.2) is 5.82 Å². The largest absolute Gasteiger partial charge is 0.497 e. The van der Waals surface area contributed by atoms with Crippen molar-refractivity contribution in [2.45, 2.75) is 13.5 Å². The van der Waals surface area contributed by atoms with Crippen molar-refractivity contribution in [2.24, 2.45) is 0 Å². The summed E-state index contributed by atoms with van der Waals surface area (Å²) < 4.78 is 10.4. The monoisotopic (exact) mass is 308 g/mol. The lowest BCUT2D eigenvalue weighted by atomic mass is 10.1. The number of esters is 1. The molecule has 1 aromatic heterocycles. The smallest absolute Gasteiger partial charge is 0.303 e. The van der Waals surface area contributed by atoms with Gasteiger partial charge in [-0.2, -0.15) is 0 Å². The summed E-state index contributed by atoms with van der Waals surface area (Å²) in [4.78, 5) is 20.3. The van der Waals surface area contributed by atoms with Crippen LogP contribution in [0.15, 0.2) is 48.5 Å². The molecular weight excluding hydrogens is 292 g/mol. The minimum atomic E-state index is -0.341. The van der Waals surface area contributed by atoms with E-state index in [0.717, 1.165) is 16.5 Å². The molecule has 0 unspecified atom stereocenters. The third-order valence-electron chi connectivity index (χ3n) is 3.43. The van der Waals surface area contributed by atoms with Crippen molar-refractivity contribution in [1.29, 1.82) is 0 Å². The van der Waals surface area contributed by atoms with Crippen LogP contribution >= 0.6 is 0 Å². The van der Waals surface area contributed by atoms with Crippen LogP contribution in [0.1, 0.15) is 12.6 Å². The molecule has 0 aliphatic rings. The molecule has 0 amide bonds. The van der Waals surface area contributed by atoms with E-state index in [9.17, 15) is 4.79 Å². The fourth-order valence-corrected chi connectivity index (χ4v) is 2.30. The van der Waals surface area contributed by atoms with Gasteiger partial charge in [0.25, 0.3) is 0 Å². The third-order valence-corrected chi connectivity index (χ3v) is 3.43. The van der Waals surface area contributed by atoms with Crippen molar-refractivity contribution in [3.8, 4) is 17.1 Å². The van der Waals surface area contributed by atoms with E-state index < -0.39 is 0 Å². The van der Waals surface area contributed by atoms with Crippen molar-refractivity contribution >= 4 is 16.9 Å². The summed E-state index contributed by atoms with van der Waals surface area (Å²) in [6, 6.07) is 15.2. The summed E-state index contributed by atoms with van der Waals surface area (Å²) in [6.45, 7) is 1.49. The molecule has 0 bridgehead atoms. The van der Waals surface area contributed by atoms with Crippen LogP contribution in [0.2, 0.25) is 0 Å². The molecule has 23 heavy (non-hydrogen) atoms. The Labute approximate surface area is 133 Å². The molecule has 3 aromatic rings. The molecule has 0 aliphatic carbocycles. The molecule has 2 aromatic carbocycles. The van der Waals surface area contributed by atoms with Gasteiger partial charge in [-0.15, -0.1) is 0 Å². The second-order valence-electron chi connectivity index (χ2n) is 5.02. The average molecular weight is 308 g/mol. The number of hydrogen-bond acceptors (Lipinski definition) is 5. The molecule has 0 radical (unpaired) electrons. The molecule has 0 N–H and O–H groups in total. The molecular formula is C18H16N2O3. The molecule has 5 nitrogen and oxygen atoms in total. The fraction of sp³-hybridized carbons (Fsp3) is 0.167. The van der Waals surface area contributed by atoms with Crippen LogP contribution < -0.4 is 4.74 Å². The maximum Gasteiger partial charge on any atom is 0.303 e. The number of benzene rings is 2. The van der Waals surface area contributed by atoms with Gasteiger partial charge in [0.1, 0.15) is 12.4 Å². The van der Waals surface area contributed by atoms with E-state index in [4.69, 9.17) is 9.47 Å². The van der Waals surface area contributed by atoms with Crippen LogP contribution in [-0.2, 0) is 16.1 Å². The first-order valence-electron chi connectivity index (χ1n) is 7.21. The molecule has 3 rings (SSSR count). The quantitative estimate of drug-likeness (QED) is 0.692. The predicted octanol–water partition coefficient (Wildman–Crippen LogP) is 3.37. The Bertz CT molecular complexity index is 848. The zero-order valence-corrected chi connectivity index (χ0v) is 12.9. The Morgan fingerprint density at radius 1 is 1.09 bits per heavy atom. The molecule has 0 atom stereocenters. The van der Waals surface area contributed by atoms with Crippen molar-refractivity contribution in [2.75, 3.05) is 7.11 Å². The molecule has 5 heteroatoms. The molecule has 1 heterocycles. The minimum Gasteiger partial charge on any atom is -0.497 e. The van der Waals surface area contributed by atoms with E-state index in [2.05, 4.69) is 9.97 Å². The summed E-state index contributed by atoms with van der Waals surface area (Å²) in [5.41, 5.74) is 2.33. The molecule has 116 valence electrons. The standard InChI is InChI=1S/C18H16N2O3/c1-12(21)23-11-17-15-9-8-14(22-2)10-16(15)19-18(20-17)13-6-4-3-5-7-13/h3-10H,11H2,1-2H3. The molecule has 0 saturated heterocycles. The lowest BCUT2D eigenvalue weighted by Gasteiger charge is -2.10. The minimum absolute atomic E-state index is 0.112. The highest BCUT2D eigenvalue weighted by Crippen LogP contribution is 2.25. The molecule has 0 spiro atoms. The Hall–Kier alpha value is -2.95. The summed E-state index contributed by atoms with van der Waals surface area (Å²) in [7, 11) is 1.61. The van der Waals surface area contributed by atoms with E-state index in [1.807, 2.05) is 48.5 Å². The van der Waals surface area contributed by atoms with E-state index in [1.54, 1.807) is 7.11 Å². The van der Waals surface area contributed by atoms with Crippen LogP contribution in [-0.4, -0.2) is 23.0 Å². The van der Waals surface area contributed by atoms with Crippen LogP contribution in [0.25, 0.3) is 22.3 Å². The highest BCUT2D eigenvalue weighted by Gasteiger charge is 2.11. The summed E-state index contributed by atoms with van der Waals surface area (Å²) in [6.07, 6.45) is 0. The lowest BCUT2D eigenvalue weighted by Crippen LogP contribution is -2.04. The van der Waals surface area contributed by atoms with Crippen LogP contribution in [0.4, 0.5) is 0 Å².